The van der Waals surface area contributed by atoms with E-state index < -0.39 is 11.6 Å². The highest BCUT2D eigenvalue weighted by Gasteiger charge is 2.39. The summed E-state index contributed by atoms with van der Waals surface area (Å²) in [4.78, 5) is 13.5. The van der Waals surface area contributed by atoms with Crippen molar-refractivity contribution in [3.05, 3.63) is 23.2 Å². The summed E-state index contributed by atoms with van der Waals surface area (Å²) in [5.74, 6) is 0.539. The van der Waals surface area contributed by atoms with Crippen LogP contribution >= 0.6 is 0 Å². The monoisotopic (exact) mass is 253 g/mol. The van der Waals surface area contributed by atoms with Crippen molar-refractivity contribution in [2.24, 2.45) is 0 Å². The summed E-state index contributed by atoms with van der Waals surface area (Å²) in [6.45, 7) is 5.70. The molecule has 0 bridgehead atoms. The lowest BCUT2D eigenvalue weighted by Gasteiger charge is -2.45. The van der Waals surface area contributed by atoms with Crippen LogP contribution in [0.5, 0.6) is 0 Å². The van der Waals surface area contributed by atoms with Crippen LogP contribution in [0.2, 0.25) is 0 Å². The summed E-state index contributed by atoms with van der Waals surface area (Å²) in [5.41, 5.74) is 0.232. The van der Waals surface area contributed by atoms with Crippen molar-refractivity contribution >= 4 is 5.97 Å². The van der Waals surface area contributed by atoms with Crippen LogP contribution in [-0.2, 0) is 11.3 Å². The molecule has 0 radical (unpaired) electrons. The highest BCUT2D eigenvalue weighted by atomic mass is 16.5. The number of ether oxygens (including phenoxy) is 1. The molecule has 1 aromatic heterocycles. The second kappa shape index (κ2) is 4.74. The van der Waals surface area contributed by atoms with Gasteiger partial charge < -0.3 is 14.3 Å². The van der Waals surface area contributed by atoms with Gasteiger partial charge in [-0.2, -0.15) is 0 Å². The molecule has 5 nitrogen and oxygen atoms in total. The van der Waals surface area contributed by atoms with Gasteiger partial charge in [-0.3, -0.25) is 4.90 Å². The Morgan fingerprint density at radius 2 is 2.28 bits per heavy atom. The third-order valence-electron chi connectivity index (χ3n) is 3.41. The van der Waals surface area contributed by atoms with Crippen molar-refractivity contribution in [2.75, 3.05) is 20.2 Å². The lowest BCUT2D eigenvalue weighted by atomic mass is 9.91. The van der Waals surface area contributed by atoms with Gasteiger partial charge in [-0.05, 0) is 19.4 Å². The number of nitrogens with zero attached hydrogens (tertiary/aromatic N) is 1. The Bertz CT molecular complexity index is 446. The molecule has 1 N–H and O–H groups in total. The van der Waals surface area contributed by atoms with Gasteiger partial charge in [-0.15, -0.1) is 0 Å². The third kappa shape index (κ3) is 2.42. The minimum atomic E-state index is -0.549. The number of furan rings is 1. The molecule has 1 saturated heterocycles. The molecule has 5 heteroatoms. The maximum atomic E-state index is 11.4. The van der Waals surface area contributed by atoms with Crippen LogP contribution in [0.4, 0.5) is 0 Å². The topological polar surface area (TPSA) is 62.9 Å². The lowest BCUT2D eigenvalue weighted by Crippen LogP contribution is -2.60. The Hall–Kier alpha value is -1.33. The minimum Gasteiger partial charge on any atom is -0.463 e. The molecule has 1 aliphatic heterocycles. The van der Waals surface area contributed by atoms with Crippen molar-refractivity contribution in [3.8, 4) is 0 Å². The molecule has 0 saturated carbocycles. The van der Waals surface area contributed by atoms with Crippen LogP contribution in [-0.4, -0.2) is 41.8 Å². The third-order valence-corrected chi connectivity index (χ3v) is 3.41. The predicted octanol–water partition coefficient (Wildman–Crippen LogP) is 1.33. The Balaban J connectivity index is 1.98. The zero-order valence-electron chi connectivity index (χ0n) is 11.0. The van der Waals surface area contributed by atoms with Gasteiger partial charge in [0.2, 0.25) is 5.76 Å². The second-order valence-corrected chi connectivity index (χ2v) is 4.94. The van der Waals surface area contributed by atoms with E-state index in [1.54, 1.807) is 0 Å². The fourth-order valence-corrected chi connectivity index (χ4v) is 2.26. The Morgan fingerprint density at radius 1 is 1.61 bits per heavy atom. The molecule has 2 heterocycles. The largest absolute Gasteiger partial charge is 0.463 e. The first kappa shape index (κ1) is 13.1. The van der Waals surface area contributed by atoms with E-state index in [9.17, 15) is 9.90 Å². The maximum Gasteiger partial charge on any atom is 0.374 e. The quantitative estimate of drug-likeness (QED) is 0.820. The van der Waals surface area contributed by atoms with E-state index in [2.05, 4.69) is 9.64 Å². The smallest absolute Gasteiger partial charge is 0.374 e. The summed E-state index contributed by atoms with van der Waals surface area (Å²) in [6, 6.07) is 1.84. The molecule has 1 aromatic rings. The summed E-state index contributed by atoms with van der Waals surface area (Å²) in [6.07, 6.45) is 0.758. The van der Waals surface area contributed by atoms with Crippen molar-refractivity contribution in [3.63, 3.8) is 0 Å². The number of hydrogen-bond acceptors (Lipinski definition) is 5. The first-order valence-electron chi connectivity index (χ1n) is 6.10. The number of carbonyl (C=O) groups is 1. The van der Waals surface area contributed by atoms with Crippen LogP contribution in [0.15, 0.2) is 10.5 Å². The Labute approximate surface area is 106 Å². The van der Waals surface area contributed by atoms with Crippen molar-refractivity contribution in [2.45, 2.75) is 32.4 Å². The average Bonchev–Trinajstić information content (AvgIpc) is 2.67. The maximum absolute atomic E-state index is 11.4. The molecule has 1 aliphatic rings. The molecule has 18 heavy (non-hydrogen) atoms. The number of likely N-dealkylation sites (tertiary alicyclic amines) is 1. The highest BCUT2D eigenvalue weighted by Crippen LogP contribution is 2.27. The van der Waals surface area contributed by atoms with Gasteiger partial charge in [0.1, 0.15) is 5.76 Å². The van der Waals surface area contributed by atoms with Crippen LogP contribution in [0, 0.1) is 6.92 Å². The molecule has 0 aromatic carbocycles. The number of carbonyl (C=O) groups excluding carboxylic acids is 1. The molecule has 0 amide bonds. The first-order valence-corrected chi connectivity index (χ1v) is 6.10. The number of β-amino-alcohol motifs (C(OH)–C–C–N with tert-alkyl or cyclic N) is 1. The molecule has 0 spiro atoms. The van der Waals surface area contributed by atoms with Gasteiger partial charge in [0.25, 0.3) is 0 Å². The minimum absolute atomic E-state index is 0.263. The molecular weight excluding hydrogens is 234 g/mol. The van der Waals surface area contributed by atoms with Gasteiger partial charge in [0, 0.05) is 18.7 Å². The van der Waals surface area contributed by atoms with E-state index in [4.69, 9.17) is 4.42 Å². The van der Waals surface area contributed by atoms with Gasteiger partial charge in [0.05, 0.1) is 19.3 Å². The summed E-state index contributed by atoms with van der Waals surface area (Å²) in [7, 11) is 1.33. The normalized spacial score (nSPS) is 18.4. The zero-order chi connectivity index (χ0) is 13.3. The van der Waals surface area contributed by atoms with E-state index in [1.807, 2.05) is 19.9 Å². The van der Waals surface area contributed by atoms with Crippen molar-refractivity contribution in [1.82, 2.24) is 4.90 Å². The van der Waals surface area contributed by atoms with Gasteiger partial charge >= 0.3 is 5.97 Å². The van der Waals surface area contributed by atoms with E-state index in [-0.39, 0.29) is 5.76 Å². The number of aryl methyl sites for hydroxylation is 1. The Morgan fingerprint density at radius 3 is 2.83 bits per heavy atom. The molecule has 0 aliphatic carbocycles. The number of esters is 1. The SMILES string of the molecule is CCC1(O)CN(Cc2cc(C)c(C(=O)OC)o2)C1. The second-order valence-electron chi connectivity index (χ2n) is 4.94. The van der Waals surface area contributed by atoms with Crippen molar-refractivity contribution < 1.29 is 19.1 Å². The van der Waals surface area contributed by atoms with Gasteiger partial charge in [0.15, 0.2) is 0 Å². The fourth-order valence-electron chi connectivity index (χ4n) is 2.26. The average molecular weight is 253 g/mol. The van der Waals surface area contributed by atoms with Crippen molar-refractivity contribution in [1.29, 1.82) is 0 Å². The fraction of sp³-hybridized carbons (Fsp3) is 0.615. The number of hydrogen-bond donors (Lipinski definition) is 1. The number of aliphatic hydroxyl groups is 1. The summed E-state index contributed by atoms with van der Waals surface area (Å²) < 4.78 is 10.1. The highest BCUT2D eigenvalue weighted by molar-refractivity contribution is 5.87. The summed E-state index contributed by atoms with van der Waals surface area (Å²) >= 11 is 0. The zero-order valence-corrected chi connectivity index (χ0v) is 11.0. The first-order chi connectivity index (χ1) is 8.47. The van der Waals surface area contributed by atoms with E-state index in [0.717, 1.165) is 17.7 Å². The molecule has 1 fully saturated rings. The number of rotatable bonds is 4. The van der Waals surface area contributed by atoms with E-state index in [0.29, 0.717) is 19.6 Å². The van der Waals surface area contributed by atoms with Crippen LogP contribution < -0.4 is 0 Å². The number of methoxy groups -OCH3 is 1. The predicted molar refractivity (Wildman–Crippen MR) is 65.3 cm³/mol. The lowest BCUT2D eigenvalue weighted by molar-refractivity contribution is -0.105. The molecular formula is C13H19NO4. The molecule has 2 rings (SSSR count). The van der Waals surface area contributed by atoms with Gasteiger partial charge in [-0.1, -0.05) is 6.92 Å². The van der Waals surface area contributed by atoms with Gasteiger partial charge in [-0.25, -0.2) is 4.79 Å². The van der Waals surface area contributed by atoms with Crippen LogP contribution in [0.25, 0.3) is 0 Å². The van der Waals surface area contributed by atoms with E-state index in [1.165, 1.54) is 7.11 Å². The van der Waals surface area contributed by atoms with Crippen LogP contribution in [0.3, 0.4) is 0 Å². The molecule has 0 unspecified atom stereocenters. The van der Waals surface area contributed by atoms with E-state index >= 15 is 0 Å². The molecule has 0 atom stereocenters. The molecule has 100 valence electrons. The standard InChI is InChI=1S/C13H19NO4/c1-4-13(16)7-14(8-13)6-10-5-9(2)11(18-10)12(15)17-3/h5,16H,4,6-8H2,1-3H3. The van der Waals surface area contributed by atoms with Crippen LogP contribution in [0.1, 0.15) is 35.2 Å². The summed E-state index contributed by atoms with van der Waals surface area (Å²) in [5, 5.41) is 9.91. The Kier molecular flexibility index (Phi) is 3.45.